The van der Waals surface area contributed by atoms with Gasteiger partial charge in [-0.2, -0.15) is 0 Å². The van der Waals surface area contributed by atoms with Gasteiger partial charge in [0.15, 0.2) is 0 Å². The summed E-state index contributed by atoms with van der Waals surface area (Å²) in [6.45, 7) is -0.488. The zero-order valence-corrected chi connectivity index (χ0v) is 5.57. The maximum absolute atomic E-state index is 9.96. The fourth-order valence-electron chi connectivity index (χ4n) is 0.518. The Morgan fingerprint density at radius 3 is 1.64 bits per heavy atom. The molecule has 0 unspecified atom stereocenters. The molecule has 5 nitrogen and oxygen atoms in total. The Kier molecular flexibility index (Phi) is 9.22. The fourth-order valence-corrected chi connectivity index (χ4v) is 0.518. The van der Waals surface area contributed by atoms with Gasteiger partial charge in [-0.1, -0.05) is 0 Å². The topological polar surface area (TPSA) is 77.8 Å². The summed E-state index contributed by atoms with van der Waals surface area (Å²) in [6.07, 6.45) is 0. The van der Waals surface area contributed by atoms with Crippen molar-refractivity contribution in [1.82, 2.24) is 4.90 Å². The van der Waals surface area contributed by atoms with Gasteiger partial charge >= 0.3 is 63.3 Å². The van der Waals surface area contributed by atoms with Gasteiger partial charge in [0, 0.05) is 0 Å². The Morgan fingerprint density at radius 1 is 1.18 bits per heavy atom. The van der Waals surface area contributed by atoms with Crippen molar-refractivity contribution < 1.29 is 19.8 Å². The molecule has 0 atom stereocenters. The number of carboxylic acid groups (broad SMARTS) is 2. The van der Waals surface area contributed by atoms with E-state index in [1.807, 2.05) is 0 Å². The molecular weight excluding hydrogens is 177 g/mol. The molecule has 0 heterocycles. The van der Waals surface area contributed by atoms with Crippen LogP contribution in [0.15, 0.2) is 0 Å². The van der Waals surface area contributed by atoms with E-state index >= 15 is 0 Å². The van der Waals surface area contributed by atoms with Crippen molar-refractivity contribution >= 4 is 63.3 Å². The van der Waals surface area contributed by atoms with Gasteiger partial charge in [0.05, 0.1) is 13.1 Å². The molecule has 0 aliphatic rings. The monoisotopic (exact) mass is 187 g/mol. The van der Waals surface area contributed by atoms with E-state index in [0.29, 0.717) is 0 Å². The minimum absolute atomic E-state index is 0. The molecule has 0 aromatic carbocycles. The summed E-state index contributed by atoms with van der Waals surface area (Å²) in [6, 6.07) is 0. The molecule has 0 aromatic heterocycles. The fraction of sp³-hybridized carbons (Fsp3) is 0.600. The van der Waals surface area contributed by atoms with E-state index in [4.69, 9.17) is 10.2 Å². The van der Waals surface area contributed by atoms with Crippen molar-refractivity contribution in [1.29, 1.82) is 0 Å². The molecule has 0 amide bonds. The predicted molar refractivity (Wildman–Crippen MR) is 39.9 cm³/mol. The zero-order valence-electron chi connectivity index (χ0n) is 5.57. The van der Waals surface area contributed by atoms with Crippen LogP contribution in [-0.4, -0.2) is 98.6 Å². The number of hydrogen-bond donors (Lipinski definition) is 2. The average molecular weight is 187 g/mol. The van der Waals surface area contributed by atoms with Crippen molar-refractivity contribution in [2.45, 2.75) is 0 Å². The van der Waals surface area contributed by atoms with Crippen LogP contribution in [0.5, 0.6) is 0 Å². The first kappa shape index (κ1) is 14.1. The number of rotatable bonds is 4. The maximum atomic E-state index is 9.96. The first-order valence-corrected chi connectivity index (χ1v) is 2.64. The molecule has 0 rings (SSSR count). The third-order valence-electron chi connectivity index (χ3n) is 0.810. The Balaban J connectivity index is 0. The van der Waals surface area contributed by atoms with Crippen molar-refractivity contribution in [2.24, 2.45) is 0 Å². The second kappa shape index (κ2) is 7.20. The minimum atomic E-state index is -1.02. The van der Waals surface area contributed by atoms with Crippen molar-refractivity contribution in [3.63, 3.8) is 0 Å². The summed E-state index contributed by atoms with van der Waals surface area (Å²) in [4.78, 5) is 21.1. The van der Waals surface area contributed by atoms with Crippen LogP contribution in [0.3, 0.4) is 0 Å². The quantitative estimate of drug-likeness (QED) is 0.520. The van der Waals surface area contributed by atoms with E-state index in [-0.39, 0.29) is 64.5 Å². The molecule has 11 heavy (non-hydrogen) atoms. The Labute approximate surface area is 107 Å². The molecule has 0 radical (unpaired) electrons. The summed E-state index contributed by atoms with van der Waals surface area (Å²) in [7, 11) is 1.43. The van der Waals surface area contributed by atoms with Gasteiger partial charge in [-0.25, -0.2) is 0 Å². The van der Waals surface area contributed by atoms with Gasteiger partial charge in [0.25, 0.3) is 0 Å². The summed E-state index contributed by atoms with van der Waals surface area (Å²) < 4.78 is 0. The second-order valence-corrected chi connectivity index (χ2v) is 1.96. The Bertz CT molecular complexity index is 133. The molecule has 6 heteroatoms. The molecule has 0 aliphatic carbocycles. The molecule has 0 aromatic rings. The molecule has 0 aliphatic heterocycles. The van der Waals surface area contributed by atoms with E-state index in [1.165, 1.54) is 11.9 Å². The van der Waals surface area contributed by atoms with E-state index in [9.17, 15) is 9.59 Å². The van der Waals surface area contributed by atoms with Crippen LogP contribution in [0.1, 0.15) is 0 Å². The number of carbonyl (C=O) groups is 2. The third kappa shape index (κ3) is 10.5. The molecule has 60 valence electrons. The summed E-state index contributed by atoms with van der Waals surface area (Å²) in [5, 5.41) is 16.3. The van der Waals surface area contributed by atoms with Crippen molar-refractivity contribution in [3.05, 3.63) is 0 Å². The zero-order chi connectivity index (χ0) is 8.15. The number of carboxylic acids is 2. The molecule has 0 saturated heterocycles. The standard InChI is InChI=1S/C5H9NO4.K.H/c1-6(2-4(7)8)3-5(9)10;;/h2-3H2,1H3,(H,7,8)(H,9,10);;. The number of aliphatic carboxylic acids is 2. The number of likely N-dealkylation sites (N-methyl/N-ethyl adjacent to an activating group) is 1. The van der Waals surface area contributed by atoms with Crippen molar-refractivity contribution in [2.75, 3.05) is 20.1 Å². The molecule has 0 bridgehead atoms. The predicted octanol–water partition coefficient (Wildman–Crippen LogP) is -1.56. The van der Waals surface area contributed by atoms with E-state index in [0.717, 1.165) is 0 Å². The third-order valence-corrected chi connectivity index (χ3v) is 0.810. The first-order valence-electron chi connectivity index (χ1n) is 2.64. The van der Waals surface area contributed by atoms with Crippen LogP contribution in [0.4, 0.5) is 0 Å². The molecular formula is C5H10KNO4. The molecule has 0 saturated carbocycles. The van der Waals surface area contributed by atoms with Crippen molar-refractivity contribution in [3.8, 4) is 0 Å². The summed E-state index contributed by atoms with van der Waals surface area (Å²) in [5.41, 5.74) is 0. The number of nitrogens with zero attached hydrogens (tertiary/aromatic N) is 1. The number of hydrogen-bond acceptors (Lipinski definition) is 3. The second-order valence-electron chi connectivity index (χ2n) is 1.96. The summed E-state index contributed by atoms with van der Waals surface area (Å²) >= 11 is 0. The van der Waals surface area contributed by atoms with Gasteiger partial charge in [-0.3, -0.25) is 14.5 Å². The average Bonchev–Trinajstić information content (AvgIpc) is 1.58. The van der Waals surface area contributed by atoms with Gasteiger partial charge in [-0.05, 0) is 7.05 Å². The van der Waals surface area contributed by atoms with Gasteiger partial charge in [0.1, 0.15) is 0 Å². The van der Waals surface area contributed by atoms with Crippen LogP contribution < -0.4 is 0 Å². The van der Waals surface area contributed by atoms with Crippen LogP contribution in [-0.2, 0) is 9.59 Å². The van der Waals surface area contributed by atoms with Crippen LogP contribution in [0, 0.1) is 0 Å². The van der Waals surface area contributed by atoms with Gasteiger partial charge in [-0.15, -0.1) is 0 Å². The molecule has 0 spiro atoms. The van der Waals surface area contributed by atoms with Gasteiger partial charge in [0.2, 0.25) is 0 Å². The Morgan fingerprint density at radius 2 is 1.45 bits per heavy atom. The first-order chi connectivity index (χ1) is 4.52. The Hall–Kier alpha value is 0.536. The van der Waals surface area contributed by atoms with E-state index < -0.39 is 11.9 Å². The van der Waals surface area contributed by atoms with E-state index in [2.05, 4.69) is 0 Å². The SMILES string of the molecule is CN(CC(=O)O)CC(=O)O.[KH]. The molecule has 2 N–H and O–H groups in total. The van der Waals surface area contributed by atoms with Crippen LogP contribution in [0.25, 0.3) is 0 Å². The van der Waals surface area contributed by atoms with Crippen LogP contribution >= 0.6 is 0 Å². The van der Waals surface area contributed by atoms with Gasteiger partial charge < -0.3 is 10.2 Å². The normalized spacial score (nSPS) is 8.91. The van der Waals surface area contributed by atoms with Crippen LogP contribution in [0.2, 0.25) is 0 Å². The molecule has 0 fully saturated rings. The van der Waals surface area contributed by atoms with E-state index in [1.54, 1.807) is 0 Å². The summed E-state index contributed by atoms with van der Waals surface area (Å²) in [5.74, 6) is -2.05.